The summed E-state index contributed by atoms with van der Waals surface area (Å²) in [7, 11) is 0. The first-order chi connectivity index (χ1) is 8.20. The molecule has 17 heavy (non-hydrogen) atoms. The summed E-state index contributed by atoms with van der Waals surface area (Å²) in [5.74, 6) is 0. The van der Waals surface area contributed by atoms with E-state index in [1.807, 2.05) is 18.2 Å². The van der Waals surface area contributed by atoms with Gasteiger partial charge < -0.3 is 9.64 Å². The molecule has 1 heterocycles. The summed E-state index contributed by atoms with van der Waals surface area (Å²) < 4.78 is 6.61. The standard InChI is InChI=1S/C13H15BrN2O/c1-10-9-16(5-2-6-17-10)13-4-3-11(8-15)7-12(13)14/h3-4,7,10H,2,5-6,9H2,1H3. The van der Waals surface area contributed by atoms with Crippen LogP contribution in [0, 0.1) is 11.3 Å². The van der Waals surface area contributed by atoms with E-state index >= 15 is 0 Å². The van der Waals surface area contributed by atoms with Crippen molar-refractivity contribution in [3.8, 4) is 6.07 Å². The van der Waals surface area contributed by atoms with Crippen LogP contribution in [-0.2, 0) is 4.74 Å². The fourth-order valence-corrected chi connectivity index (χ4v) is 2.68. The second-order valence-electron chi connectivity index (χ2n) is 4.26. The number of hydrogen-bond acceptors (Lipinski definition) is 3. The quantitative estimate of drug-likeness (QED) is 0.799. The van der Waals surface area contributed by atoms with Crippen molar-refractivity contribution in [2.45, 2.75) is 19.4 Å². The Labute approximate surface area is 110 Å². The van der Waals surface area contributed by atoms with Gasteiger partial charge in [0.25, 0.3) is 0 Å². The highest BCUT2D eigenvalue weighted by Gasteiger charge is 2.17. The van der Waals surface area contributed by atoms with Crippen molar-refractivity contribution in [1.82, 2.24) is 0 Å². The summed E-state index contributed by atoms with van der Waals surface area (Å²) in [4.78, 5) is 2.31. The minimum atomic E-state index is 0.250. The number of anilines is 1. The number of rotatable bonds is 1. The first-order valence-electron chi connectivity index (χ1n) is 5.77. The number of benzene rings is 1. The predicted octanol–water partition coefficient (Wildman–Crippen LogP) is 2.94. The van der Waals surface area contributed by atoms with Crippen LogP contribution in [0.2, 0.25) is 0 Å². The molecule has 1 aromatic rings. The summed E-state index contributed by atoms with van der Waals surface area (Å²) in [6.45, 7) is 4.81. The Kier molecular flexibility index (Phi) is 4.03. The first-order valence-corrected chi connectivity index (χ1v) is 6.56. The van der Waals surface area contributed by atoms with Gasteiger partial charge in [-0.1, -0.05) is 0 Å². The van der Waals surface area contributed by atoms with Crippen molar-refractivity contribution in [3.05, 3.63) is 28.2 Å². The molecule has 0 aliphatic carbocycles. The van der Waals surface area contributed by atoms with Crippen LogP contribution >= 0.6 is 15.9 Å². The van der Waals surface area contributed by atoms with Crippen molar-refractivity contribution >= 4 is 21.6 Å². The van der Waals surface area contributed by atoms with Crippen molar-refractivity contribution in [2.75, 3.05) is 24.6 Å². The Hall–Kier alpha value is -1.05. The van der Waals surface area contributed by atoms with E-state index in [0.717, 1.165) is 36.3 Å². The van der Waals surface area contributed by atoms with E-state index in [-0.39, 0.29) is 6.10 Å². The van der Waals surface area contributed by atoms with Gasteiger partial charge in [0.1, 0.15) is 0 Å². The lowest BCUT2D eigenvalue weighted by atomic mass is 10.2. The lowest BCUT2D eigenvalue weighted by Gasteiger charge is -2.25. The maximum atomic E-state index is 8.85. The number of hydrogen-bond donors (Lipinski definition) is 0. The van der Waals surface area contributed by atoms with Crippen molar-refractivity contribution in [2.24, 2.45) is 0 Å². The average molecular weight is 295 g/mol. The van der Waals surface area contributed by atoms with E-state index in [2.05, 4.69) is 33.8 Å². The summed E-state index contributed by atoms with van der Waals surface area (Å²) >= 11 is 3.54. The monoisotopic (exact) mass is 294 g/mol. The molecule has 0 radical (unpaired) electrons. The number of nitriles is 1. The molecule has 1 saturated heterocycles. The van der Waals surface area contributed by atoms with Crippen LogP contribution in [-0.4, -0.2) is 25.8 Å². The molecular weight excluding hydrogens is 280 g/mol. The van der Waals surface area contributed by atoms with Gasteiger partial charge in [0.05, 0.1) is 23.4 Å². The highest BCUT2D eigenvalue weighted by molar-refractivity contribution is 9.10. The Bertz CT molecular complexity index is 442. The molecule has 0 saturated carbocycles. The maximum Gasteiger partial charge on any atom is 0.0992 e. The van der Waals surface area contributed by atoms with Gasteiger partial charge in [-0.25, -0.2) is 0 Å². The molecule has 90 valence electrons. The van der Waals surface area contributed by atoms with Gasteiger partial charge in [-0.2, -0.15) is 5.26 Å². The van der Waals surface area contributed by atoms with Crippen LogP contribution in [0.1, 0.15) is 18.9 Å². The first kappa shape index (κ1) is 12.4. The Morgan fingerprint density at radius 1 is 1.53 bits per heavy atom. The molecular formula is C13H15BrN2O. The lowest BCUT2D eigenvalue weighted by molar-refractivity contribution is 0.0821. The minimum Gasteiger partial charge on any atom is -0.377 e. The van der Waals surface area contributed by atoms with Gasteiger partial charge in [-0.05, 0) is 47.5 Å². The molecule has 3 nitrogen and oxygen atoms in total. The van der Waals surface area contributed by atoms with E-state index in [9.17, 15) is 0 Å². The SMILES string of the molecule is CC1CN(c2ccc(C#N)cc2Br)CCCO1. The zero-order chi connectivity index (χ0) is 12.3. The zero-order valence-electron chi connectivity index (χ0n) is 9.82. The van der Waals surface area contributed by atoms with Crippen LogP contribution in [0.15, 0.2) is 22.7 Å². The molecule has 1 fully saturated rings. The lowest BCUT2D eigenvalue weighted by Crippen LogP contribution is -2.30. The Balaban J connectivity index is 2.24. The van der Waals surface area contributed by atoms with E-state index in [0.29, 0.717) is 5.56 Å². The molecule has 0 spiro atoms. The van der Waals surface area contributed by atoms with Crippen LogP contribution in [0.5, 0.6) is 0 Å². The maximum absolute atomic E-state index is 8.85. The number of ether oxygens (including phenoxy) is 1. The highest BCUT2D eigenvalue weighted by atomic mass is 79.9. The number of halogens is 1. The predicted molar refractivity (Wildman–Crippen MR) is 71.1 cm³/mol. The van der Waals surface area contributed by atoms with Crippen LogP contribution in [0.3, 0.4) is 0 Å². The largest absolute Gasteiger partial charge is 0.377 e. The molecule has 0 aromatic heterocycles. The van der Waals surface area contributed by atoms with Crippen molar-refractivity contribution < 1.29 is 4.74 Å². The second kappa shape index (κ2) is 5.52. The van der Waals surface area contributed by atoms with Crippen LogP contribution in [0.25, 0.3) is 0 Å². The van der Waals surface area contributed by atoms with E-state index in [1.54, 1.807) is 0 Å². The smallest absolute Gasteiger partial charge is 0.0992 e. The minimum absolute atomic E-state index is 0.250. The molecule has 1 aromatic carbocycles. The average Bonchev–Trinajstić information content (AvgIpc) is 2.53. The fraction of sp³-hybridized carbons (Fsp3) is 0.462. The molecule has 2 rings (SSSR count). The highest BCUT2D eigenvalue weighted by Crippen LogP contribution is 2.28. The third-order valence-electron chi connectivity index (χ3n) is 2.87. The van der Waals surface area contributed by atoms with Gasteiger partial charge in [-0.3, -0.25) is 0 Å². The topological polar surface area (TPSA) is 36.3 Å². The van der Waals surface area contributed by atoms with Crippen molar-refractivity contribution in [3.63, 3.8) is 0 Å². The van der Waals surface area contributed by atoms with Crippen molar-refractivity contribution in [1.29, 1.82) is 5.26 Å². The van der Waals surface area contributed by atoms with E-state index < -0.39 is 0 Å². The van der Waals surface area contributed by atoms with Gasteiger partial charge in [0.15, 0.2) is 0 Å². The third kappa shape index (κ3) is 2.99. The fourth-order valence-electron chi connectivity index (χ4n) is 2.05. The molecule has 0 amide bonds. The summed E-state index contributed by atoms with van der Waals surface area (Å²) in [5.41, 5.74) is 1.82. The number of nitrogens with zero attached hydrogens (tertiary/aromatic N) is 2. The normalized spacial score (nSPS) is 20.8. The molecule has 1 aliphatic rings. The van der Waals surface area contributed by atoms with Crippen LogP contribution < -0.4 is 4.90 Å². The molecule has 1 aliphatic heterocycles. The van der Waals surface area contributed by atoms with Crippen LogP contribution in [0.4, 0.5) is 5.69 Å². The van der Waals surface area contributed by atoms with Gasteiger partial charge in [0, 0.05) is 24.2 Å². The molecule has 1 unspecified atom stereocenters. The molecule has 0 N–H and O–H groups in total. The summed E-state index contributed by atoms with van der Waals surface area (Å²) in [6.07, 6.45) is 1.29. The molecule has 0 bridgehead atoms. The van der Waals surface area contributed by atoms with Gasteiger partial charge in [-0.15, -0.1) is 0 Å². The third-order valence-corrected chi connectivity index (χ3v) is 3.50. The molecule has 4 heteroatoms. The van der Waals surface area contributed by atoms with E-state index in [4.69, 9.17) is 10.00 Å². The Morgan fingerprint density at radius 3 is 3.06 bits per heavy atom. The van der Waals surface area contributed by atoms with Gasteiger partial charge >= 0.3 is 0 Å². The van der Waals surface area contributed by atoms with E-state index in [1.165, 1.54) is 0 Å². The molecule has 1 atom stereocenters. The summed E-state index contributed by atoms with van der Waals surface area (Å²) in [5, 5.41) is 8.85. The zero-order valence-corrected chi connectivity index (χ0v) is 11.4. The second-order valence-corrected chi connectivity index (χ2v) is 5.11. The van der Waals surface area contributed by atoms with Gasteiger partial charge in [0.2, 0.25) is 0 Å². The Morgan fingerprint density at radius 2 is 2.35 bits per heavy atom. The summed E-state index contributed by atoms with van der Waals surface area (Å²) in [6, 6.07) is 7.87.